The van der Waals surface area contributed by atoms with Crippen molar-refractivity contribution >= 4 is 5.78 Å². The maximum Gasteiger partial charge on any atom is 0.159 e. The topological polar surface area (TPSA) is 29.1 Å². The van der Waals surface area contributed by atoms with Crippen LogP contribution < -0.4 is 5.32 Å². The average molecular weight is 153 g/mol. The third-order valence-corrected chi connectivity index (χ3v) is 2.02. The van der Waals surface area contributed by atoms with Gasteiger partial charge in [-0.2, -0.15) is 0 Å². The lowest BCUT2D eigenvalue weighted by Gasteiger charge is -2.32. The molecule has 0 unspecified atom stereocenters. The third-order valence-electron chi connectivity index (χ3n) is 2.02. The fourth-order valence-electron chi connectivity index (χ4n) is 1.14. The van der Waals surface area contributed by atoms with Gasteiger partial charge in [0.05, 0.1) is 0 Å². The van der Waals surface area contributed by atoms with E-state index in [2.05, 4.69) is 26.1 Å². The summed E-state index contributed by atoms with van der Waals surface area (Å²) in [5, 5.41) is 3.19. The van der Waals surface area contributed by atoms with Crippen LogP contribution in [0, 0.1) is 5.41 Å². The quantitative estimate of drug-likeness (QED) is 0.571. The van der Waals surface area contributed by atoms with E-state index in [1.807, 2.05) is 0 Å². The van der Waals surface area contributed by atoms with Crippen molar-refractivity contribution in [3.05, 3.63) is 12.3 Å². The van der Waals surface area contributed by atoms with Crippen LogP contribution in [0.1, 0.15) is 27.2 Å². The molecule has 0 saturated carbocycles. The van der Waals surface area contributed by atoms with Crippen molar-refractivity contribution in [2.45, 2.75) is 33.2 Å². The summed E-state index contributed by atoms with van der Waals surface area (Å²) in [6, 6.07) is 0.292. The van der Waals surface area contributed by atoms with Crippen LogP contribution in [0.2, 0.25) is 0 Å². The SMILES string of the molecule is CC(C)(C)[C@H]1CC(=O)C=CN1. The molecule has 0 fully saturated rings. The zero-order valence-electron chi connectivity index (χ0n) is 7.35. The van der Waals surface area contributed by atoms with Gasteiger partial charge in [0.2, 0.25) is 0 Å². The van der Waals surface area contributed by atoms with Crippen LogP contribution in [0.5, 0.6) is 0 Å². The van der Waals surface area contributed by atoms with Gasteiger partial charge in [-0.05, 0) is 11.5 Å². The Hall–Kier alpha value is -0.790. The van der Waals surface area contributed by atoms with E-state index in [4.69, 9.17) is 0 Å². The zero-order chi connectivity index (χ0) is 8.48. The van der Waals surface area contributed by atoms with Gasteiger partial charge in [-0.3, -0.25) is 4.79 Å². The number of hydrogen-bond acceptors (Lipinski definition) is 2. The highest BCUT2D eigenvalue weighted by molar-refractivity contribution is 5.90. The van der Waals surface area contributed by atoms with Gasteiger partial charge in [0.15, 0.2) is 5.78 Å². The molecule has 1 N–H and O–H groups in total. The maximum atomic E-state index is 11.0. The molecule has 1 aliphatic heterocycles. The van der Waals surface area contributed by atoms with Gasteiger partial charge in [0.25, 0.3) is 0 Å². The van der Waals surface area contributed by atoms with Crippen LogP contribution >= 0.6 is 0 Å². The van der Waals surface area contributed by atoms with Gasteiger partial charge in [-0.15, -0.1) is 0 Å². The molecule has 2 heteroatoms. The molecule has 1 rings (SSSR count). The van der Waals surface area contributed by atoms with E-state index in [-0.39, 0.29) is 11.2 Å². The van der Waals surface area contributed by atoms with E-state index >= 15 is 0 Å². The van der Waals surface area contributed by atoms with E-state index in [1.54, 1.807) is 12.3 Å². The summed E-state index contributed by atoms with van der Waals surface area (Å²) in [6.07, 6.45) is 3.98. The average Bonchev–Trinajstić information content (AvgIpc) is 1.86. The van der Waals surface area contributed by atoms with E-state index in [9.17, 15) is 4.79 Å². The summed E-state index contributed by atoms with van der Waals surface area (Å²) in [5.41, 5.74) is 0.167. The van der Waals surface area contributed by atoms with Gasteiger partial charge in [-0.1, -0.05) is 20.8 Å². The first-order valence-corrected chi connectivity index (χ1v) is 3.95. The van der Waals surface area contributed by atoms with Crippen molar-refractivity contribution in [2.24, 2.45) is 5.41 Å². The van der Waals surface area contributed by atoms with Crippen molar-refractivity contribution in [1.82, 2.24) is 5.32 Å². The van der Waals surface area contributed by atoms with Crippen LogP contribution in [0.4, 0.5) is 0 Å². The highest BCUT2D eigenvalue weighted by atomic mass is 16.1. The molecule has 0 amide bonds. The Morgan fingerprint density at radius 3 is 2.55 bits per heavy atom. The maximum absolute atomic E-state index is 11.0. The van der Waals surface area contributed by atoms with Gasteiger partial charge >= 0.3 is 0 Å². The Kier molecular flexibility index (Phi) is 2.03. The molecule has 11 heavy (non-hydrogen) atoms. The second-order valence-electron chi connectivity index (χ2n) is 4.09. The Balaban J connectivity index is 2.64. The Morgan fingerprint density at radius 2 is 2.18 bits per heavy atom. The molecule has 2 nitrogen and oxygen atoms in total. The fourth-order valence-corrected chi connectivity index (χ4v) is 1.14. The lowest BCUT2D eigenvalue weighted by Crippen LogP contribution is -2.41. The van der Waals surface area contributed by atoms with Crippen LogP contribution in [0.3, 0.4) is 0 Å². The number of ketones is 1. The number of hydrogen-bond donors (Lipinski definition) is 1. The second-order valence-corrected chi connectivity index (χ2v) is 4.09. The molecule has 0 spiro atoms. The molecule has 1 aliphatic rings. The molecule has 1 heterocycles. The summed E-state index contributed by atoms with van der Waals surface area (Å²) in [6.45, 7) is 6.41. The van der Waals surface area contributed by atoms with E-state index < -0.39 is 0 Å². The number of carbonyl (C=O) groups excluding carboxylic acids is 1. The monoisotopic (exact) mass is 153 g/mol. The largest absolute Gasteiger partial charge is 0.387 e. The summed E-state index contributed by atoms with van der Waals surface area (Å²) in [7, 11) is 0. The van der Waals surface area contributed by atoms with E-state index in [0.29, 0.717) is 12.5 Å². The van der Waals surface area contributed by atoms with Crippen LogP contribution in [0.15, 0.2) is 12.3 Å². The molecule has 1 atom stereocenters. The smallest absolute Gasteiger partial charge is 0.159 e. The Labute approximate surface area is 67.7 Å². The van der Waals surface area contributed by atoms with Crippen LogP contribution in [-0.4, -0.2) is 11.8 Å². The summed E-state index contributed by atoms with van der Waals surface area (Å²) in [5.74, 6) is 0.226. The standard InChI is InChI=1S/C9H15NO/c1-9(2,3)8-6-7(11)4-5-10-8/h4-5,8,10H,6H2,1-3H3/t8-/m1/s1. The first-order chi connectivity index (χ1) is 5.00. The van der Waals surface area contributed by atoms with Gasteiger partial charge < -0.3 is 5.32 Å². The molecule has 0 aromatic carbocycles. The summed E-state index contributed by atoms with van der Waals surface area (Å²) >= 11 is 0. The van der Waals surface area contributed by atoms with Gasteiger partial charge in [-0.25, -0.2) is 0 Å². The molecule has 0 aromatic rings. The minimum Gasteiger partial charge on any atom is -0.387 e. The minimum atomic E-state index is 0.167. The number of nitrogens with one attached hydrogen (secondary N) is 1. The Morgan fingerprint density at radius 1 is 1.55 bits per heavy atom. The molecular formula is C9H15NO. The zero-order valence-corrected chi connectivity index (χ0v) is 7.35. The van der Waals surface area contributed by atoms with Crippen LogP contribution in [-0.2, 0) is 4.79 Å². The first-order valence-electron chi connectivity index (χ1n) is 3.95. The minimum absolute atomic E-state index is 0.167. The van der Waals surface area contributed by atoms with E-state index in [0.717, 1.165) is 0 Å². The molecule has 0 radical (unpaired) electrons. The lowest BCUT2D eigenvalue weighted by atomic mass is 9.83. The third kappa shape index (κ3) is 2.07. The lowest BCUT2D eigenvalue weighted by molar-refractivity contribution is -0.116. The van der Waals surface area contributed by atoms with Crippen molar-refractivity contribution < 1.29 is 4.79 Å². The molecule has 0 bridgehead atoms. The fraction of sp³-hybridized carbons (Fsp3) is 0.667. The molecule has 62 valence electrons. The number of carbonyl (C=O) groups is 1. The molecule has 0 aliphatic carbocycles. The van der Waals surface area contributed by atoms with Gasteiger partial charge in [0.1, 0.15) is 0 Å². The summed E-state index contributed by atoms with van der Waals surface area (Å²) in [4.78, 5) is 11.0. The van der Waals surface area contributed by atoms with Crippen LogP contribution in [0.25, 0.3) is 0 Å². The predicted octanol–water partition coefficient (Wildman–Crippen LogP) is 1.48. The predicted molar refractivity (Wildman–Crippen MR) is 45.1 cm³/mol. The van der Waals surface area contributed by atoms with Crippen molar-refractivity contribution in [1.29, 1.82) is 0 Å². The molecule has 0 saturated heterocycles. The van der Waals surface area contributed by atoms with Crippen molar-refractivity contribution in [3.8, 4) is 0 Å². The summed E-state index contributed by atoms with van der Waals surface area (Å²) < 4.78 is 0. The highest BCUT2D eigenvalue weighted by Gasteiger charge is 2.26. The van der Waals surface area contributed by atoms with Gasteiger partial charge in [0, 0.05) is 18.7 Å². The molecule has 0 aromatic heterocycles. The van der Waals surface area contributed by atoms with Crippen molar-refractivity contribution in [3.63, 3.8) is 0 Å². The highest BCUT2D eigenvalue weighted by Crippen LogP contribution is 2.23. The first kappa shape index (κ1) is 8.31. The van der Waals surface area contributed by atoms with E-state index in [1.165, 1.54) is 0 Å². The Bertz CT molecular complexity index is 188. The van der Waals surface area contributed by atoms with Crippen molar-refractivity contribution in [2.75, 3.05) is 0 Å². The normalized spacial score (nSPS) is 25.0. The number of allylic oxidation sites excluding steroid dienone is 1. The number of rotatable bonds is 0. The molecular weight excluding hydrogens is 138 g/mol. The second kappa shape index (κ2) is 2.68.